The molecule has 1 aliphatic heterocycles. The van der Waals surface area contributed by atoms with Crippen molar-refractivity contribution in [2.75, 3.05) is 19.6 Å². The zero-order valence-electron chi connectivity index (χ0n) is 12.7. The van der Waals surface area contributed by atoms with Gasteiger partial charge in [-0.1, -0.05) is 43.7 Å². The van der Waals surface area contributed by atoms with Gasteiger partial charge in [-0.25, -0.2) is 0 Å². The van der Waals surface area contributed by atoms with Gasteiger partial charge in [-0.05, 0) is 43.7 Å². The summed E-state index contributed by atoms with van der Waals surface area (Å²) in [5, 5.41) is 0. The van der Waals surface area contributed by atoms with E-state index in [0.717, 1.165) is 0 Å². The minimum atomic E-state index is 0.389. The first-order chi connectivity index (χ1) is 9.14. The van der Waals surface area contributed by atoms with Crippen LogP contribution in [0.25, 0.3) is 0 Å². The molecule has 1 atom stereocenters. The van der Waals surface area contributed by atoms with Gasteiger partial charge in [0.1, 0.15) is 0 Å². The Bertz CT molecular complexity index is 392. The fourth-order valence-electron chi connectivity index (χ4n) is 3.35. The zero-order valence-corrected chi connectivity index (χ0v) is 12.7. The molecule has 1 aromatic rings. The number of nitrogens with zero attached hydrogens (tertiary/aromatic N) is 1. The maximum Gasteiger partial charge on any atom is 0.0470 e. The predicted molar refractivity (Wildman–Crippen MR) is 82.2 cm³/mol. The number of benzene rings is 1. The second-order valence-electron chi connectivity index (χ2n) is 6.09. The molecule has 1 saturated heterocycles. The van der Waals surface area contributed by atoms with E-state index in [1.54, 1.807) is 0 Å². The van der Waals surface area contributed by atoms with Crippen molar-refractivity contribution in [1.29, 1.82) is 0 Å². The molecule has 0 amide bonds. The van der Waals surface area contributed by atoms with Gasteiger partial charge in [-0.2, -0.15) is 0 Å². The summed E-state index contributed by atoms with van der Waals surface area (Å²) in [5.41, 5.74) is 9.27. The second kappa shape index (κ2) is 6.06. The van der Waals surface area contributed by atoms with Crippen LogP contribution in [-0.4, -0.2) is 24.5 Å². The lowest BCUT2D eigenvalue weighted by Crippen LogP contribution is -2.34. The molecule has 2 nitrogen and oxygen atoms in total. The lowest BCUT2D eigenvalue weighted by atomic mass is 9.82. The van der Waals surface area contributed by atoms with E-state index in [1.165, 1.54) is 43.5 Å². The van der Waals surface area contributed by atoms with Gasteiger partial charge in [0.2, 0.25) is 0 Å². The number of rotatable bonds is 5. The molecule has 1 aliphatic rings. The van der Waals surface area contributed by atoms with Crippen molar-refractivity contribution in [2.45, 2.75) is 46.1 Å². The van der Waals surface area contributed by atoms with Crippen LogP contribution >= 0.6 is 0 Å². The van der Waals surface area contributed by atoms with Crippen molar-refractivity contribution in [3.8, 4) is 0 Å². The van der Waals surface area contributed by atoms with E-state index >= 15 is 0 Å². The van der Waals surface area contributed by atoms with Crippen LogP contribution in [0.15, 0.2) is 24.3 Å². The lowest BCUT2D eigenvalue weighted by Gasteiger charge is -2.31. The van der Waals surface area contributed by atoms with Crippen LogP contribution in [0.5, 0.6) is 0 Å². The van der Waals surface area contributed by atoms with E-state index in [2.05, 4.69) is 49.9 Å². The minimum absolute atomic E-state index is 0.389. The summed E-state index contributed by atoms with van der Waals surface area (Å²) >= 11 is 0. The molecule has 0 bridgehead atoms. The molecule has 0 aliphatic carbocycles. The summed E-state index contributed by atoms with van der Waals surface area (Å²) in [6.45, 7) is 9.91. The van der Waals surface area contributed by atoms with E-state index in [1.807, 2.05) is 0 Å². The summed E-state index contributed by atoms with van der Waals surface area (Å²) < 4.78 is 0. The Kier molecular flexibility index (Phi) is 4.64. The van der Waals surface area contributed by atoms with E-state index in [4.69, 9.17) is 5.73 Å². The average molecular weight is 260 g/mol. The summed E-state index contributed by atoms with van der Waals surface area (Å²) in [5.74, 6) is 0. The van der Waals surface area contributed by atoms with Gasteiger partial charge in [-0.15, -0.1) is 0 Å². The Morgan fingerprint density at radius 3 is 2.32 bits per heavy atom. The minimum Gasteiger partial charge on any atom is -0.329 e. The number of likely N-dealkylation sites (tertiary alicyclic amines) is 1. The molecule has 0 spiro atoms. The molecule has 0 radical (unpaired) electrons. The standard InChI is InChI=1S/C17H28N2/c1-4-17(5-2)10-11-19(13-17)16(12-18)15-8-6-14(3)7-9-15/h6-9,16H,4-5,10-13,18H2,1-3H3. The molecule has 2 heteroatoms. The van der Waals surface area contributed by atoms with E-state index in [-0.39, 0.29) is 0 Å². The first-order valence-electron chi connectivity index (χ1n) is 7.65. The molecule has 19 heavy (non-hydrogen) atoms. The Morgan fingerprint density at radius 1 is 1.21 bits per heavy atom. The maximum absolute atomic E-state index is 6.05. The summed E-state index contributed by atoms with van der Waals surface area (Å²) in [6, 6.07) is 9.26. The van der Waals surface area contributed by atoms with Crippen LogP contribution in [0.1, 0.15) is 50.3 Å². The Labute approximate surface area is 118 Å². The Morgan fingerprint density at radius 2 is 1.84 bits per heavy atom. The highest BCUT2D eigenvalue weighted by Crippen LogP contribution is 2.40. The van der Waals surface area contributed by atoms with Crippen LogP contribution in [0.3, 0.4) is 0 Å². The molecule has 2 rings (SSSR count). The number of nitrogens with two attached hydrogens (primary N) is 1. The molecule has 1 unspecified atom stereocenters. The van der Waals surface area contributed by atoms with Crippen LogP contribution in [-0.2, 0) is 0 Å². The molecule has 0 aromatic heterocycles. The molecule has 1 aromatic carbocycles. The zero-order chi connectivity index (χ0) is 13.9. The third-order valence-corrected chi connectivity index (χ3v) is 5.09. The number of aryl methyl sites for hydroxylation is 1. The third kappa shape index (κ3) is 3.01. The van der Waals surface area contributed by atoms with Crippen LogP contribution in [0, 0.1) is 12.3 Å². The van der Waals surface area contributed by atoms with E-state index < -0.39 is 0 Å². The van der Waals surface area contributed by atoms with Crippen molar-refractivity contribution >= 4 is 0 Å². The summed E-state index contributed by atoms with van der Waals surface area (Å²) in [4.78, 5) is 2.59. The quantitative estimate of drug-likeness (QED) is 0.878. The molecule has 1 heterocycles. The van der Waals surface area contributed by atoms with Crippen molar-refractivity contribution < 1.29 is 0 Å². The number of hydrogen-bond acceptors (Lipinski definition) is 2. The summed E-state index contributed by atoms with van der Waals surface area (Å²) in [6.07, 6.45) is 3.89. The molecule has 106 valence electrons. The Hall–Kier alpha value is -0.860. The molecule has 0 saturated carbocycles. The third-order valence-electron chi connectivity index (χ3n) is 5.09. The first kappa shape index (κ1) is 14.5. The van der Waals surface area contributed by atoms with Gasteiger partial charge < -0.3 is 5.73 Å². The largest absolute Gasteiger partial charge is 0.329 e. The van der Waals surface area contributed by atoms with Crippen molar-refractivity contribution in [3.05, 3.63) is 35.4 Å². The van der Waals surface area contributed by atoms with Crippen LogP contribution in [0.2, 0.25) is 0 Å². The Balaban J connectivity index is 2.13. The molecular formula is C17H28N2. The number of hydrogen-bond donors (Lipinski definition) is 1. The van der Waals surface area contributed by atoms with Gasteiger partial charge in [-0.3, -0.25) is 4.90 Å². The van der Waals surface area contributed by atoms with E-state index in [0.29, 0.717) is 18.0 Å². The fourth-order valence-corrected chi connectivity index (χ4v) is 3.35. The summed E-state index contributed by atoms with van der Waals surface area (Å²) in [7, 11) is 0. The van der Waals surface area contributed by atoms with E-state index in [9.17, 15) is 0 Å². The fraction of sp³-hybridized carbons (Fsp3) is 0.647. The monoisotopic (exact) mass is 260 g/mol. The lowest BCUT2D eigenvalue weighted by molar-refractivity contribution is 0.197. The molecular weight excluding hydrogens is 232 g/mol. The average Bonchev–Trinajstić information content (AvgIpc) is 2.87. The predicted octanol–water partition coefficient (Wildman–Crippen LogP) is 3.51. The second-order valence-corrected chi connectivity index (χ2v) is 6.09. The highest BCUT2D eigenvalue weighted by molar-refractivity contribution is 5.24. The van der Waals surface area contributed by atoms with Crippen molar-refractivity contribution in [2.24, 2.45) is 11.1 Å². The van der Waals surface area contributed by atoms with Gasteiger partial charge in [0.15, 0.2) is 0 Å². The molecule has 2 N–H and O–H groups in total. The maximum atomic E-state index is 6.05. The topological polar surface area (TPSA) is 29.3 Å². The van der Waals surface area contributed by atoms with Gasteiger partial charge in [0.05, 0.1) is 0 Å². The van der Waals surface area contributed by atoms with Crippen LogP contribution < -0.4 is 5.73 Å². The van der Waals surface area contributed by atoms with Gasteiger partial charge in [0, 0.05) is 19.1 Å². The SMILES string of the molecule is CCC1(CC)CCN(C(CN)c2ccc(C)cc2)C1. The smallest absolute Gasteiger partial charge is 0.0470 e. The highest BCUT2D eigenvalue weighted by atomic mass is 15.2. The van der Waals surface area contributed by atoms with Crippen molar-refractivity contribution in [1.82, 2.24) is 4.90 Å². The normalized spacial score (nSPS) is 20.6. The first-order valence-corrected chi connectivity index (χ1v) is 7.65. The highest BCUT2D eigenvalue weighted by Gasteiger charge is 2.37. The molecule has 1 fully saturated rings. The van der Waals surface area contributed by atoms with Crippen LogP contribution in [0.4, 0.5) is 0 Å². The van der Waals surface area contributed by atoms with Crippen molar-refractivity contribution in [3.63, 3.8) is 0 Å². The van der Waals surface area contributed by atoms with Gasteiger partial charge >= 0.3 is 0 Å². The van der Waals surface area contributed by atoms with Gasteiger partial charge in [0.25, 0.3) is 0 Å².